The molecule has 182 valence electrons. The third-order valence-corrected chi connectivity index (χ3v) is 8.73. The third-order valence-electron chi connectivity index (χ3n) is 8.73. The van der Waals surface area contributed by atoms with E-state index in [1.807, 2.05) is 36.4 Å². The second-order valence-electron chi connectivity index (χ2n) is 11.0. The predicted octanol–water partition coefficient (Wildman–Crippen LogP) is 6.22. The third kappa shape index (κ3) is 4.14. The summed E-state index contributed by atoms with van der Waals surface area (Å²) in [5.74, 6) is -0.342. The van der Waals surface area contributed by atoms with Crippen molar-refractivity contribution in [1.29, 1.82) is 0 Å². The van der Waals surface area contributed by atoms with Crippen molar-refractivity contribution >= 4 is 22.7 Å². The van der Waals surface area contributed by atoms with E-state index in [0.29, 0.717) is 10.3 Å². The smallest absolute Gasteiger partial charge is 0.291 e. The maximum atomic E-state index is 14.2. The van der Waals surface area contributed by atoms with Crippen molar-refractivity contribution in [2.45, 2.75) is 38.5 Å². The molecule has 3 aromatic rings. The molecule has 0 saturated heterocycles. The Morgan fingerprint density at radius 3 is 1.60 bits per heavy atom. The molecule has 0 atom stereocenters. The van der Waals surface area contributed by atoms with Gasteiger partial charge in [-0.1, -0.05) is 66.8 Å². The lowest BCUT2D eigenvalue weighted by Gasteiger charge is -2.62. The summed E-state index contributed by atoms with van der Waals surface area (Å²) in [4.78, 5) is 0. The zero-order valence-corrected chi connectivity index (χ0v) is 20.6. The Kier molecular flexibility index (Phi) is 6.39. The van der Waals surface area contributed by atoms with E-state index >= 15 is 0 Å². The first-order valence-electron chi connectivity index (χ1n) is 12.8. The van der Waals surface area contributed by atoms with Gasteiger partial charge in [-0.15, -0.1) is 16.4 Å². The molecule has 0 spiro atoms. The second kappa shape index (κ2) is 9.35. The summed E-state index contributed by atoms with van der Waals surface area (Å²) in [5.41, 5.74) is 5.73. The Labute approximate surface area is 206 Å². The first kappa shape index (κ1) is 23.9. The van der Waals surface area contributed by atoms with E-state index in [1.165, 1.54) is 66.7 Å². The van der Waals surface area contributed by atoms with Crippen LogP contribution in [0.4, 0.5) is 13.2 Å². The van der Waals surface area contributed by atoms with Crippen LogP contribution in [0.25, 0.3) is 5.47 Å². The fourth-order valence-corrected chi connectivity index (χ4v) is 7.10. The average molecular weight is 475 g/mol. The molecule has 0 aromatic heterocycles. The van der Waals surface area contributed by atoms with Gasteiger partial charge in [0.25, 0.3) is 6.28 Å². The van der Waals surface area contributed by atoms with Crippen molar-refractivity contribution in [3.63, 3.8) is 0 Å². The Hall–Kier alpha value is -2.79. The Balaban J connectivity index is 1.90. The fourth-order valence-electron chi connectivity index (χ4n) is 7.10. The van der Waals surface area contributed by atoms with Crippen LogP contribution in [-0.4, -0.2) is 31.3 Å². The van der Waals surface area contributed by atoms with Crippen LogP contribution in [0.1, 0.15) is 44.1 Å². The topological polar surface area (TPSA) is 0 Å². The largest absolute Gasteiger partial charge is 0.509 e. The molecule has 1 saturated carbocycles. The molecular weight excluding hydrogens is 442 g/mol. The number of halogens is 3. The van der Waals surface area contributed by atoms with Gasteiger partial charge in [0, 0.05) is 27.1 Å². The lowest BCUT2D eigenvalue weighted by molar-refractivity contribution is -0.787. The van der Waals surface area contributed by atoms with E-state index in [9.17, 15) is 13.2 Å². The first-order valence-corrected chi connectivity index (χ1v) is 12.8. The Morgan fingerprint density at radius 2 is 1.11 bits per heavy atom. The zero-order chi connectivity index (χ0) is 24.6. The highest BCUT2D eigenvalue weighted by Gasteiger charge is 2.51. The normalized spacial score (nSPS) is 20.1. The highest BCUT2D eigenvalue weighted by Crippen LogP contribution is 2.45. The molecule has 2 aliphatic rings. The molecule has 0 unspecified atom stereocenters. The molecule has 3 aromatic carbocycles. The SMILES string of the molecule is C[N+]1(C)CCC(C2CCCCC2)=C(c2ccc(F)cc2)[B-]1(c1ccc(F)cc1)c1ccc(F)cc1. The van der Waals surface area contributed by atoms with E-state index in [4.69, 9.17) is 0 Å². The van der Waals surface area contributed by atoms with Crippen LogP contribution in [0.3, 0.4) is 0 Å². The van der Waals surface area contributed by atoms with Gasteiger partial charge in [0.2, 0.25) is 0 Å². The molecular formula is C30H33BF3N. The van der Waals surface area contributed by atoms with Gasteiger partial charge in [0.15, 0.2) is 0 Å². The molecule has 1 aliphatic carbocycles. The predicted molar refractivity (Wildman–Crippen MR) is 139 cm³/mol. The van der Waals surface area contributed by atoms with Gasteiger partial charge < -0.3 is 4.39 Å². The van der Waals surface area contributed by atoms with Crippen molar-refractivity contribution in [3.8, 4) is 0 Å². The van der Waals surface area contributed by atoms with Gasteiger partial charge >= 0.3 is 0 Å². The van der Waals surface area contributed by atoms with E-state index in [2.05, 4.69) is 14.1 Å². The van der Waals surface area contributed by atoms with Gasteiger partial charge in [-0.2, -0.15) is 0 Å². The van der Waals surface area contributed by atoms with E-state index in [0.717, 1.165) is 42.3 Å². The highest BCUT2D eigenvalue weighted by atomic mass is 19.1. The zero-order valence-electron chi connectivity index (χ0n) is 20.6. The molecule has 0 amide bonds. The van der Waals surface area contributed by atoms with E-state index in [1.54, 1.807) is 0 Å². The van der Waals surface area contributed by atoms with Crippen LogP contribution in [0.5, 0.6) is 0 Å². The maximum Gasteiger partial charge on any atom is 0.291 e. The number of quaternary nitrogens is 1. The minimum absolute atomic E-state index is 0.264. The molecule has 0 bridgehead atoms. The van der Waals surface area contributed by atoms with Gasteiger partial charge in [0.05, 0.1) is 0 Å². The molecule has 1 heterocycles. The highest BCUT2D eigenvalue weighted by molar-refractivity contribution is 7.10. The van der Waals surface area contributed by atoms with Gasteiger partial charge in [-0.3, -0.25) is 0 Å². The van der Waals surface area contributed by atoms with Gasteiger partial charge in [0.1, 0.15) is 17.5 Å². The summed E-state index contributed by atoms with van der Waals surface area (Å²) in [5, 5.41) is 0. The summed E-state index contributed by atoms with van der Waals surface area (Å²) >= 11 is 0. The van der Waals surface area contributed by atoms with Crippen molar-refractivity contribution < 1.29 is 17.6 Å². The number of hydrogen-bond acceptors (Lipinski definition) is 0. The molecule has 0 radical (unpaired) electrons. The first-order chi connectivity index (χ1) is 16.8. The summed E-state index contributed by atoms with van der Waals surface area (Å²) in [6.07, 6.45) is 5.31. The lowest BCUT2D eigenvalue weighted by atomic mass is 9.19. The van der Waals surface area contributed by atoms with Crippen LogP contribution in [0, 0.1) is 23.4 Å². The van der Waals surface area contributed by atoms with Gasteiger partial charge in [-0.05, 0) is 55.2 Å². The van der Waals surface area contributed by atoms with Gasteiger partial charge in [-0.25, -0.2) is 13.2 Å². The molecule has 5 rings (SSSR count). The molecule has 5 heteroatoms. The average Bonchev–Trinajstić information content (AvgIpc) is 2.86. The summed E-state index contributed by atoms with van der Waals surface area (Å²) in [7, 11) is 4.46. The van der Waals surface area contributed by atoms with E-state index in [-0.39, 0.29) is 17.5 Å². The molecule has 1 aliphatic heterocycles. The quantitative estimate of drug-likeness (QED) is 0.393. The molecule has 1 nitrogen and oxygen atoms in total. The number of hydrogen-bond donors (Lipinski definition) is 0. The van der Waals surface area contributed by atoms with Crippen molar-refractivity contribution in [2.24, 2.45) is 5.92 Å². The van der Waals surface area contributed by atoms with Crippen molar-refractivity contribution in [1.82, 2.24) is 0 Å². The van der Waals surface area contributed by atoms with Crippen LogP contribution in [0.15, 0.2) is 78.4 Å². The lowest BCUT2D eigenvalue weighted by Crippen LogP contribution is -2.79. The van der Waals surface area contributed by atoms with E-state index < -0.39 is 6.28 Å². The molecule has 35 heavy (non-hydrogen) atoms. The summed E-state index contributed by atoms with van der Waals surface area (Å²) in [6.45, 7) is 0.922. The Morgan fingerprint density at radius 1 is 0.657 bits per heavy atom. The summed E-state index contributed by atoms with van der Waals surface area (Å²) < 4.78 is 43.1. The monoisotopic (exact) mass is 475 g/mol. The fraction of sp³-hybridized carbons (Fsp3) is 0.333. The van der Waals surface area contributed by atoms with Crippen LogP contribution in [0.2, 0.25) is 0 Å². The minimum Gasteiger partial charge on any atom is -0.509 e. The van der Waals surface area contributed by atoms with Crippen LogP contribution < -0.4 is 10.9 Å². The van der Waals surface area contributed by atoms with Crippen LogP contribution in [-0.2, 0) is 0 Å². The Bertz CT molecular complexity index is 1160. The number of nitrogens with zero attached hydrogens (tertiary/aromatic N) is 1. The maximum absolute atomic E-state index is 14.2. The number of rotatable bonds is 4. The van der Waals surface area contributed by atoms with Crippen molar-refractivity contribution in [3.05, 3.63) is 101 Å². The molecule has 0 N–H and O–H groups in total. The molecule has 1 fully saturated rings. The second-order valence-corrected chi connectivity index (χ2v) is 11.0. The van der Waals surface area contributed by atoms with Crippen LogP contribution >= 0.6 is 0 Å². The standard InChI is InChI=1S/C30H33BF3N/c1-35(2)21-20-29(22-6-4-3-5-7-22)30(23-8-14-26(32)15-9-23)31(35,24-10-16-27(33)17-11-24)25-12-18-28(34)19-13-25/h8-19,22H,3-7,20-21H2,1-2H3. The minimum atomic E-state index is -1.68. The van der Waals surface area contributed by atoms with Crippen molar-refractivity contribution in [2.75, 3.05) is 20.6 Å². The summed E-state index contributed by atoms with van der Waals surface area (Å²) in [6, 6.07) is 20.5. The number of benzene rings is 3.